The van der Waals surface area contributed by atoms with Gasteiger partial charge in [0.25, 0.3) is 0 Å². The molecule has 0 aromatic heterocycles. The topological polar surface area (TPSA) is 87.7 Å². The number of alkyl carbamates (subject to hydrolysis) is 1. The molecule has 2 N–H and O–H groups in total. The highest BCUT2D eigenvalue weighted by molar-refractivity contribution is 7.80. The van der Waals surface area contributed by atoms with E-state index in [0.29, 0.717) is 13.1 Å². The summed E-state index contributed by atoms with van der Waals surface area (Å²) in [5, 5.41) is 5.62. The predicted molar refractivity (Wildman–Crippen MR) is 136 cm³/mol. The molecular formula is C25H41N3O4S. The van der Waals surface area contributed by atoms with E-state index in [1.807, 2.05) is 39.0 Å². The summed E-state index contributed by atoms with van der Waals surface area (Å²) in [7, 11) is 0. The molecule has 0 bridgehead atoms. The minimum absolute atomic E-state index is 0.0756. The third kappa shape index (κ3) is 8.91. The first-order valence-electron chi connectivity index (χ1n) is 11.7. The summed E-state index contributed by atoms with van der Waals surface area (Å²) < 4.78 is 5.31. The number of ether oxygens (including phenoxy) is 1. The number of benzene rings is 1. The average Bonchev–Trinajstić information content (AvgIpc) is 2.72. The van der Waals surface area contributed by atoms with Crippen molar-refractivity contribution >= 4 is 30.5 Å². The molecule has 0 aliphatic heterocycles. The van der Waals surface area contributed by atoms with Gasteiger partial charge >= 0.3 is 6.09 Å². The minimum Gasteiger partial charge on any atom is -0.444 e. The molecule has 7 nitrogen and oxygen atoms in total. The Labute approximate surface area is 204 Å². The van der Waals surface area contributed by atoms with Crippen molar-refractivity contribution < 1.29 is 19.1 Å². The number of amides is 3. The van der Waals surface area contributed by atoms with E-state index in [-0.39, 0.29) is 17.6 Å². The minimum atomic E-state index is -0.928. The van der Waals surface area contributed by atoms with Crippen LogP contribution in [0.1, 0.15) is 76.6 Å². The quantitative estimate of drug-likeness (QED) is 0.326. The molecule has 0 aliphatic rings. The van der Waals surface area contributed by atoms with Gasteiger partial charge in [0.05, 0.1) is 0 Å². The molecule has 2 unspecified atom stereocenters. The van der Waals surface area contributed by atoms with Crippen LogP contribution >= 0.6 is 12.6 Å². The van der Waals surface area contributed by atoms with Crippen LogP contribution in [0.2, 0.25) is 0 Å². The SMILES string of the molecule is CCCCCNC(=O)C(c1c(C)cccc1C)N(CC)C(=O)C(CS)NC(=O)OC(C)(C)C. The Morgan fingerprint density at radius 1 is 1.09 bits per heavy atom. The van der Waals surface area contributed by atoms with Crippen LogP contribution in [0.25, 0.3) is 0 Å². The number of nitrogens with zero attached hydrogens (tertiary/aromatic N) is 1. The monoisotopic (exact) mass is 479 g/mol. The second kappa shape index (κ2) is 13.5. The van der Waals surface area contributed by atoms with Crippen molar-refractivity contribution in [3.05, 3.63) is 34.9 Å². The van der Waals surface area contributed by atoms with E-state index in [9.17, 15) is 14.4 Å². The fraction of sp³-hybridized carbons (Fsp3) is 0.640. The Morgan fingerprint density at radius 3 is 2.18 bits per heavy atom. The summed E-state index contributed by atoms with van der Waals surface area (Å²) in [4.78, 5) is 40.8. The summed E-state index contributed by atoms with van der Waals surface area (Å²) in [6, 6.07) is 4.07. The zero-order valence-corrected chi connectivity index (χ0v) is 22.1. The Balaban J connectivity index is 3.27. The molecule has 0 radical (unpaired) electrons. The number of rotatable bonds is 11. The summed E-state index contributed by atoms with van der Waals surface area (Å²) in [5.74, 6) is -0.532. The van der Waals surface area contributed by atoms with Crippen LogP contribution in [-0.4, -0.2) is 53.3 Å². The number of carbonyl (C=O) groups excluding carboxylic acids is 3. The lowest BCUT2D eigenvalue weighted by Gasteiger charge is -2.34. The maximum Gasteiger partial charge on any atom is 0.408 e. The summed E-state index contributed by atoms with van der Waals surface area (Å²) in [5.41, 5.74) is 1.96. The highest BCUT2D eigenvalue weighted by Crippen LogP contribution is 2.28. The molecule has 0 heterocycles. The van der Waals surface area contributed by atoms with Crippen molar-refractivity contribution in [3.8, 4) is 0 Å². The average molecular weight is 480 g/mol. The highest BCUT2D eigenvalue weighted by atomic mass is 32.1. The molecule has 0 fully saturated rings. The molecule has 186 valence electrons. The molecule has 3 amide bonds. The van der Waals surface area contributed by atoms with Crippen LogP contribution in [0.3, 0.4) is 0 Å². The number of hydrogen-bond acceptors (Lipinski definition) is 5. The van der Waals surface area contributed by atoms with E-state index in [1.54, 1.807) is 20.8 Å². The zero-order chi connectivity index (χ0) is 25.2. The summed E-state index contributed by atoms with van der Waals surface area (Å²) in [6.45, 7) is 13.9. The van der Waals surface area contributed by atoms with E-state index in [4.69, 9.17) is 4.74 Å². The molecule has 0 saturated heterocycles. The Morgan fingerprint density at radius 2 is 1.70 bits per heavy atom. The molecular weight excluding hydrogens is 438 g/mol. The summed E-state index contributed by atoms with van der Waals surface area (Å²) >= 11 is 4.28. The number of carbonyl (C=O) groups is 3. The maximum absolute atomic E-state index is 13.6. The van der Waals surface area contributed by atoms with Crippen molar-refractivity contribution in [1.82, 2.24) is 15.5 Å². The van der Waals surface area contributed by atoms with Gasteiger partial charge in [0, 0.05) is 18.8 Å². The molecule has 0 saturated carbocycles. The predicted octanol–water partition coefficient (Wildman–Crippen LogP) is 4.32. The Bertz CT molecular complexity index is 787. The number of aryl methyl sites for hydroxylation is 2. The standard InChI is InChI=1S/C25H41N3O4S/c1-8-10-11-15-26-22(29)21(20-17(3)13-12-14-18(20)4)28(9-2)23(30)19(16-33)27-24(31)32-25(5,6)7/h12-14,19,21,33H,8-11,15-16H2,1-7H3,(H,26,29)(H,27,31). The molecule has 0 aliphatic carbocycles. The number of nitrogens with one attached hydrogen (secondary N) is 2. The number of likely N-dealkylation sites (N-methyl/N-ethyl adjacent to an activating group) is 1. The first-order chi connectivity index (χ1) is 15.5. The first-order valence-corrected chi connectivity index (χ1v) is 12.3. The van der Waals surface area contributed by atoms with Crippen LogP contribution in [0, 0.1) is 13.8 Å². The van der Waals surface area contributed by atoms with Crippen LogP contribution < -0.4 is 10.6 Å². The van der Waals surface area contributed by atoms with Crippen LogP contribution in [0.5, 0.6) is 0 Å². The van der Waals surface area contributed by atoms with E-state index in [1.165, 1.54) is 4.90 Å². The van der Waals surface area contributed by atoms with Crippen molar-refractivity contribution in [3.63, 3.8) is 0 Å². The van der Waals surface area contributed by atoms with E-state index in [2.05, 4.69) is 30.2 Å². The van der Waals surface area contributed by atoms with Gasteiger partial charge in [-0.2, -0.15) is 12.6 Å². The number of hydrogen-bond donors (Lipinski definition) is 3. The van der Waals surface area contributed by atoms with Crippen LogP contribution in [-0.2, 0) is 14.3 Å². The van der Waals surface area contributed by atoms with Gasteiger partial charge in [0.2, 0.25) is 11.8 Å². The normalized spacial score (nSPS) is 13.1. The highest BCUT2D eigenvalue weighted by Gasteiger charge is 2.36. The van der Waals surface area contributed by atoms with Gasteiger partial charge in [-0.05, 0) is 64.7 Å². The van der Waals surface area contributed by atoms with Crippen LogP contribution in [0.15, 0.2) is 18.2 Å². The summed E-state index contributed by atoms with van der Waals surface area (Å²) in [6.07, 6.45) is 2.25. The van der Waals surface area contributed by atoms with Gasteiger partial charge in [-0.25, -0.2) is 4.79 Å². The molecule has 0 spiro atoms. The first kappa shape index (κ1) is 28.8. The molecule has 1 rings (SSSR count). The molecule has 2 atom stereocenters. The van der Waals surface area contributed by atoms with E-state index in [0.717, 1.165) is 36.0 Å². The fourth-order valence-corrected chi connectivity index (χ4v) is 3.92. The second-order valence-corrected chi connectivity index (χ2v) is 9.58. The van der Waals surface area contributed by atoms with Gasteiger partial charge in [-0.3, -0.25) is 9.59 Å². The van der Waals surface area contributed by atoms with E-state index < -0.39 is 23.8 Å². The van der Waals surface area contributed by atoms with Gasteiger partial charge in [-0.15, -0.1) is 0 Å². The van der Waals surface area contributed by atoms with E-state index >= 15 is 0 Å². The molecule has 8 heteroatoms. The lowest BCUT2D eigenvalue weighted by molar-refractivity contribution is -0.141. The molecule has 33 heavy (non-hydrogen) atoms. The number of thiol groups is 1. The third-order valence-corrected chi connectivity index (χ3v) is 5.62. The van der Waals surface area contributed by atoms with Crippen molar-refractivity contribution in [2.75, 3.05) is 18.8 Å². The van der Waals surface area contributed by atoms with Gasteiger partial charge in [0.15, 0.2) is 0 Å². The van der Waals surface area contributed by atoms with Gasteiger partial charge in [0.1, 0.15) is 17.7 Å². The lowest BCUT2D eigenvalue weighted by atomic mass is 9.93. The molecule has 1 aromatic carbocycles. The zero-order valence-electron chi connectivity index (χ0n) is 21.2. The van der Waals surface area contributed by atoms with Crippen molar-refractivity contribution in [1.29, 1.82) is 0 Å². The second-order valence-electron chi connectivity index (χ2n) is 9.21. The van der Waals surface area contributed by atoms with Crippen molar-refractivity contribution in [2.45, 2.75) is 85.4 Å². The van der Waals surface area contributed by atoms with Gasteiger partial charge in [-0.1, -0.05) is 38.0 Å². The lowest BCUT2D eigenvalue weighted by Crippen LogP contribution is -2.54. The van der Waals surface area contributed by atoms with Gasteiger partial charge < -0.3 is 20.3 Å². The largest absolute Gasteiger partial charge is 0.444 e. The Kier molecular flexibility index (Phi) is 11.8. The smallest absolute Gasteiger partial charge is 0.408 e. The fourth-order valence-electron chi connectivity index (χ4n) is 3.67. The Hall–Kier alpha value is -2.22. The van der Waals surface area contributed by atoms with Crippen LogP contribution in [0.4, 0.5) is 4.79 Å². The third-order valence-electron chi connectivity index (χ3n) is 5.25. The maximum atomic E-state index is 13.6. The number of unbranched alkanes of at least 4 members (excludes halogenated alkanes) is 2. The van der Waals surface area contributed by atoms with Crippen molar-refractivity contribution in [2.24, 2.45) is 0 Å². The molecule has 1 aromatic rings.